The molecule has 3 heteroatoms. The predicted molar refractivity (Wildman–Crippen MR) is 81.8 cm³/mol. The molecule has 1 aromatic carbocycles. The van der Waals surface area contributed by atoms with Crippen LogP contribution in [0.5, 0.6) is 0 Å². The first-order valence-electron chi connectivity index (χ1n) is 7.95. The molecule has 2 fully saturated rings. The first-order chi connectivity index (χ1) is 9.84. The van der Waals surface area contributed by atoms with E-state index >= 15 is 0 Å². The molecule has 0 bridgehead atoms. The highest BCUT2D eigenvalue weighted by Crippen LogP contribution is 2.25. The molecule has 1 aromatic rings. The third-order valence-corrected chi connectivity index (χ3v) is 4.85. The maximum Gasteiger partial charge on any atom is 0.0509 e. The maximum absolute atomic E-state index is 5.57. The van der Waals surface area contributed by atoms with Gasteiger partial charge in [0.05, 0.1) is 6.61 Å². The summed E-state index contributed by atoms with van der Waals surface area (Å²) < 4.78 is 5.57. The highest BCUT2D eigenvalue weighted by atomic mass is 16.5. The highest BCUT2D eigenvalue weighted by molar-refractivity contribution is 5.19. The molecule has 0 aliphatic carbocycles. The van der Waals surface area contributed by atoms with E-state index in [0.717, 1.165) is 26.3 Å². The second-order valence-electron chi connectivity index (χ2n) is 6.13. The van der Waals surface area contributed by atoms with Crippen LogP contribution >= 0.6 is 0 Å². The molecule has 0 saturated carbocycles. The van der Waals surface area contributed by atoms with Gasteiger partial charge in [-0.25, -0.2) is 0 Å². The number of hydrogen-bond acceptors (Lipinski definition) is 3. The molecule has 3 rings (SSSR count). The standard InChI is InChI=1S/C17H26N2O/c1-14(16-8-11-20-13-16)19-10-5-9-18-17(12-19)15-6-3-2-4-7-15/h2-4,6-7,14,16-18H,5,8-13H2,1H3. The minimum Gasteiger partial charge on any atom is -0.381 e. The van der Waals surface area contributed by atoms with Gasteiger partial charge in [-0.05, 0) is 44.3 Å². The van der Waals surface area contributed by atoms with Crippen molar-refractivity contribution in [1.29, 1.82) is 0 Å². The third kappa shape index (κ3) is 3.22. The van der Waals surface area contributed by atoms with E-state index in [1.165, 1.54) is 24.9 Å². The fourth-order valence-electron chi connectivity index (χ4n) is 3.46. The summed E-state index contributed by atoms with van der Waals surface area (Å²) in [6.07, 6.45) is 2.46. The molecule has 3 unspecified atom stereocenters. The fourth-order valence-corrected chi connectivity index (χ4v) is 3.46. The normalized spacial score (nSPS) is 30.1. The Labute approximate surface area is 122 Å². The Morgan fingerprint density at radius 1 is 1.30 bits per heavy atom. The molecule has 0 radical (unpaired) electrons. The van der Waals surface area contributed by atoms with Gasteiger partial charge in [0.15, 0.2) is 0 Å². The summed E-state index contributed by atoms with van der Waals surface area (Å²) in [6, 6.07) is 11.9. The lowest BCUT2D eigenvalue weighted by Crippen LogP contribution is -2.41. The maximum atomic E-state index is 5.57. The zero-order valence-corrected chi connectivity index (χ0v) is 12.4. The Hall–Kier alpha value is -0.900. The van der Waals surface area contributed by atoms with Crippen LogP contribution in [0.4, 0.5) is 0 Å². The summed E-state index contributed by atoms with van der Waals surface area (Å²) in [5.41, 5.74) is 1.41. The molecule has 2 heterocycles. The third-order valence-electron chi connectivity index (χ3n) is 4.85. The molecule has 2 aliphatic heterocycles. The molecule has 0 amide bonds. The zero-order valence-electron chi connectivity index (χ0n) is 12.4. The average molecular weight is 274 g/mol. The van der Waals surface area contributed by atoms with E-state index in [2.05, 4.69) is 47.5 Å². The molecular weight excluding hydrogens is 248 g/mol. The Bertz CT molecular complexity index is 403. The average Bonchev–Trinajstić information content (AvgIpc) is 2.92. The number of benzene rings is 1. The minimum absolute atomic E-state index is 0.462. The van der Waals surface area contributed by atoms with Crippen molar-refractivity contribution >= 4 is 0 Å². The molecule has 20 heavy (non-hydrogen) atoms. The number of nitrogens with zero attached hydrogens (tertiary/aromatic N) is 1. The van der Waals surface area contributed by atoms with E-state index in [4.69, 9.17) is 4.74 Å². The van der Waals surface area contributed by atoms with E-state index in [1.54, 1.807) is 0 Å². The molecule has 3 atom stereocenters. The number of nitrogens with one attached hydrogen (secondary N) is 1. The van der Waals surface area contributed by atoms with Crippen molar-refractivity contribution in [3.63, 3.8) is 0 Å². The van der Waals surface area contributed by atoms with Crippen molar-refractivity contribution in [2.75, 3.05) is 32.8 Å². The van der Waals surface area contributed by atoms with Gasteiger partial charge in [-0.15, -0.1) is 0 Å². The van der Waals surface area contributed by atoms with E-state index in [9.17, 15) is 0 Å². The topological polar surface area (TPSA) is 24.5 Å². The Balaban J connectivity index is 1.68. The van der Waals surface area contributed by atoms with Crippen molar-refractivity contribution in [1.82, 2.24) is 10.2 Å². The highest BCUT2D eigenvalue weighted by Gasteiger charge is 2.29. The van der Waals surface area contributed by atoms with Crippen LogP contribution in [-0.2, 0) is 4.74 Å². The minimum atomic E-state index is 0.462. The SMILES string of the molecule is CC(C1CCOC1)N1CCCNC(c2ccccc2)C1. The monoisotopic (exact) mass is 274 g/mol. The predicted octanol–water partition coefficient (Wildman–Crippen LogP) is 2.45. The van der Waals surface area contributed by atoms with Gasteiger partial charge in [0.25, 0.3) is 0 Å². The van der Waals surface area contributed by atoms with Crippen molar-refractivity contribution in [3.05, 3.63) is 35.9 Å². The van der Waals surface area contributed by atoms with Crippen LogP contribution < -0.4 is 5.32 Å². The number of rotatable bonds is 3. The van der Waals surface area contributed by atoms with E-state index in [1.807, 2.05) is 0 Å². The molecular formula is C17H26N2O. The van der Waals surface area contributed by atoms with Crippen LogP contribution in [0.3, 0.4) is 0 Å². The van der Waals surface area contributed by atoms with Gasteiger partial charge in [0.2, 0.25) is 0 Å². The lowest BCUT2D eigenvalue weighted by molar-refractivity contribution is 0.126. The Kier molecular flexibility index (Phi) is 4.71. The van der Waals surface area contributed by atoms with Crippen LogP contribution in [0.25, 0.3) is 0 Å². The van der Waals surface area contributed by atoms with Crippen molar-refractivity contribution in [2.45, 2.75) is 31.8 Å². The molecule has 110 valence electrons. The molecule has 2 saturated heterocycles. The molecule has 3 nitrogen and oxygen atoms in total. The second-order valence-corrected chi connectivity index (χ2v) is 6.13. The van der Waals surface area contributed by atoms with Gasteiger partial charge in [0.1, 0.15) is 0 Å². The summed E-state index contributed by atoms with van der Waals surface area (Å²) in [7, 11) is 0. The zero-order chi connectivity index (χ0) is 13.8. The van der Waals surface area contributed by atoms with Gasteiger partial charge in [-0.1, -0.05) is 30.3 Å². The van der Waals surface area contributed by atoms with Crippen LogP contribution in [-0.4, -0.2) is 43.8 Å². The fraction of sp³-hybridized carbons (Fsp3) is 0.647. The summed E-state index contributed by atoms with van der Waals surface area (Å²) in [6.45, 7) is 7.71. The molecule has 2 aliphatic rings. The Morgan fingerprint density at radius 3 is 2.90 bits per heavy atom. The smallest absolute Gasteiger partial charge is 0.0509 e. The molecule has 0 spiro atoms. The summed E-state index contributed by atoms with van der Waals surface area (Å²) >= 11 is 0. The van der Waals surface area contributed by atoms with Crippen LogP contribution in [0.15, 0.2) is 30.3 Å². The lowest BCUT2D eigenvalue weighted by atomic mass is 9.98. The quantitative estimate of drug-likeness (QED) is 0.916. The Morgan fingerprint density at radius 2 is 2.15 bits per heavy atom. The van der Waals surface area contributed by atoms with Crippen molar-refractivity contribution in [3.8, 4) is 0 Å². The van der Waals surface area contributed by atoms with Gasteiger partial charge in [0, 0.05) is 25.2 Å². The largest absolute Gasteiger partial charge is 0.381 e. The van der Waals surface area contributed by atoms with E-state index < -0.39 is 0 Å². The molecule has 1 N–H and O–H groups in total. The van der Waals surface area contributed by atoms with Crippen LogP contribution in [0, 0.1) is 5.92 Å². The van der Waals surface area contributed by atoms with Crippen molar-refractivity contribution in [2.24, 2.45) is 5.92 Å². The van der Waals surface area contributed by atoms with Gasteiger partial charge in [-0.3, -0.25) is 4.90 Å². The first-order valence-corrected chi connectivity index (χ1v) is 7.95. The summed E-state index contributed by atoms with van der Waals surface area (Å²) in [4.78, 5) is 2.66. The summed E-state index contributed by atoms with van der Waals surface area (Å²) in [5, 5.41) is 3.70. The molecule has 0 aromatic heterocycles. The first kappa shape index (κ1) is 14.1. The lowest BCUT2D eigenvalue weighted by Gasteiger charge is -2.33. The van der Waals surface area contributed by atoms with Gasteiger partial charge < -0.3 is 10.1 Å². The second kappa shape index (κ2) is 6.70. The number of hydrogen-bond donors (Lipinski definition) is 1. The van der Waals surface area contributed by atoms with Crippen molar-refractivity contribution < 1.29 is 4.74 Å². The summed E-state index contributed by atoms with van der Waals surface area (Å²) in [5.74, 6) is 0.713. The van der Waals surface area contributed by atoms with Crippen LogP contribution in [0.1, 0.15) is 31.4 Å². The van der Waals surface area contributed by atoms with E-state index in [-0.39, 0.29) is 0 Å². The van der Waals surface area contributed by atoms with Crippen LogP contribution in [0.2, 0.25) is 0 Å². The number of ether oxygens (including phenoxy) is 1. The van der Waals surface area contributed by atoms with Gasteiger partial charge >= 0.3 is 0 Å². The van der Waals surface area contributed by atoms with E-state index in [0.29, 0.717) is 18.0 Å². The van der Waals surface area contributed by atoms with Gasteiger partial charge in [-0.2, -0.15) is 0 Å².